The van der Waals surface area contributed by atoms with Crippen LogP contribution in [-0.4, -0.2) is 29.1 Å². The molecule has 2 aromatic carbocycles. The predicted molar refractivity (Wildman–Crippen MR) is 123 cm³/mol. The Hall–Kier alpha value is -3.30. The summed E-state index contributed by atoms with van der Waals surface area (Å²) < 4.78 is 0. The van der Waals surface area contributed by atoms with Crippen LogP contribution in [0.2, 0.25) is 5.02 Å². The molecule has 31 heavy (non-hydrogen) atoms. The average Bonchev–Trinajstić information content (AvgIpc) is 2.78. The lowest BCUT2D eigenvalue weighted by Crippen LogP contribution is -2.30. The summed E-state index contributed by atoms with van der Waals surface area (Å²) in [4.78, 5) is 18.7. The first-order chi connectivity index (χ1) is 15.0. The standard InChI is InChI=1S/C24H23ClN4O2/c1-15(27-21-8-4-3-7-18(21)24(30)31)19-12-17(25)13-20-16(14-26)11-22(28-23(19)20)29-9-5-2-6-10-29/h3-4,7-8,11-13,15,27H,2,5-6,9-10H2,1H3,(H,30,31)/t15-/m1/s1. The van der Waals surface area contributed by atoms with Crippen molar-refractivity contribution in [3.8, 4) is 6.07 Å². The number of fused-ring (bicyclic) bond motifs is 1. The molecule has 1 aromatic heterocycles. The van der Waals surface area contributed by atoms with Gasteiger partial charge >= 0.3 is 5.97 Å². The number of carboxylic acid groups (broad SMARTS) is 1. The largest absolute Gasteiger partial charge is 0.478 e. The Bertz CT molecular complexity index is 1180. The number of nitrogens with zero attached hydrogens (tertiary/aromatic N) is 3. The number of nitrogens with one attached hydrogen (secondary N) is 1. The number of halogens is 1. The minimum atomic E-state index is -0.997. The zero-order chi connectivity index (χ0) is 22.0. The van der Waals surface area contributed by atoms with Gasteiger partial charge < -0.3 is 15.3 Å². The lowest BCUT2D eigenvalue weighted by molar-refractivity contribution is 0.0698. The molecule has 1 aliphatic heterocycles. The number of anilines is 2. The van der Waals surface area contributed by atoms with Crippen molar-refractivity contribution < 1.29 is 9.90 Å². The Balaban J connectivity index is 1.81. The van der Waals surface area contributed by atoms with E-state index in [4.69, 9.17) is 16.6 Å². The Morgan fingerprint density at radius 2 is 1.97 bits per heavy atom. The summed E-state index contributed by atoms with van der Waals surface area (Å²) in [6, 6.07) is 14.2. The van der Waals surface area contributed by atoms with Gasteiger partial charge in [0.2, 0.25) is 0 Å². The van der Waals surface area contributed by atoms with Gasteiger partial charge in [-0.3, -0.25) is 0 Å². The van der Waals surface area contributed by atoms with E-state index >= 15 is 0 Å². The quantitative estimate of drug-likeness (QED) is 0.541. The van der Waals surface area contributed by atoms with E-state index in [-0.39, 0.29) is 11.6 Å². The number of rotatable bonds is 5. The molecule has 1 aliphatic rings. The molecule has 1 saturated heterocycles. The van der Waals surface area contributed by atoms with E-state index in [1.165, 1.54) is 6.42 Å². The van der Waals surface area contributed by atoms with Gasteiger partial charge in [0, 0.05) is 34.7 Å². The molecule has 2 heterocycles. The van der Waals surface area contributed by atoms with Gasteiger partial charge in [0.15, 0.2) is 0 Å². The molecule has 0 amide bonds. The summed E-state index contributed by atoms with van der Waals surface area (Å²) in [6.45, 7) is 3.78. The number of carboxylic acids is 1. The number of nitriles is 1. The van der Waals surface area contributed by atoms with Crippen LogP contribution in [0.4, 0.5) is 11.5 Å². The van der Waals surface area contributed by atoms with Gasteiger partial charge in [-0.15, -0.1) is 0 Å². The molecule has 4 rings (SSSR count). The van der Waals surface area contributed by atoms with Crippen LogP contribution in [-0.2, 0) is 0 Å². The maximum absolute atomic E-state index is 11.6. The number of piperidine rings is 1. The van der Waals surface area contributed by atoms with Crippen molar-refractivity contribution in [2.24, 2.45) is 0 Å². The van der Waals surface area contributed by atoms with Crippen molar-refractivity contribution in [1.29, 1.82) is 5.26 Å². The fourth-order valence-electron chi connectivity index (χ4n) is 4.12. The van der Waals surface area contributed by atoms with Gasteiger partial charge in [0.25, 0.3) is 0 Å². The Labute approximate surface area is 186 Å². The van der Waals surface area contributed by atoms with Gasteiger partial charge in [-0.05, 0) is 56.5 Å². The highest BCUT2D eigenvalue weighted by Gasteiger charge is 2.20. The Kier molecular flexibility index (Phi) is 5.97. The number of benzene rings is 2. The van der Waals surface area contributed by atoms with Crippen molar-refractivity contribution in [2.75, 3.05) is 23.3 Å². The Morgan fingerprint density at radius 1 is 1.23 bits per heavy atom. The number of aromatic nitrogens is 1. The second-order valence-corrected chi connectivity index (χ2v) is 8.23. The van der Waals surface area contributed by atoms with Crippen molar-refractivity contribution >= 4 is 40.0 Å². The van der Waals surface area contributed by atoms with E-state index in [1.807, 2.05) is 19.1 Å². The molecule has 3 aromatic rings. The van der Waals surface area contributed by atoms with E-state index in [1.54, 1.807) is 30.3 Å². The van der Waals surface area contributed by atoms with E-state index in [0.29, 0.717) is 27.2 Å². The molecule has 0 radical (unpaired) electrons. The number of carbonyl (C=O) groups is 1. The van der Waals surface area contributed by atoms with Gasteiger partial charge in [-0.1, -0.05) is 23.7 Å². The average molecular weight is 435 g/mol. The van der Waals surface area contributed by atoms with Gasteiger partial charge in [0.1, 0.15) is 5.82 Å². The predicted octanol–water partition coefficient (Wildman–Crippen LogP) is 5.62. The topological polar surface area (TPSA) is 89.2 Å². The zero-order valence-corrected chi connectivity index (χ0v) is 18.0. The molecule has 6 nitrogen and oxygen atoms in total. The molecular formula is C24H23ClN4O2. The van der Waals surface area contributed by atoms with Crippen LogP contribution in [0.25, 0.3) is 10.9 Å². The summed E-state index contributed by atoms with van der Waals surface area (Å²) in [5.74, 6) is -0.200. The van der Waals surface area contributed by atoms with Crippen LogP contribution in [0.1, 0.15) is 53.7 Å². The molecule has 0 spiro atoms. The summed E-state index contributed by atoms with van der Waals surface area (Å²) in [6.07, 6.45) is 3.43. The molecule has 0 unspecified atom stereocenters. The smallest absolute Gasteiger partial charge is 0.337 e. The normalized spacial score (nSPS) is 14.8. The van der Waals surface area contributed by atoms with Gasteiger partial charge in [-0.25, -0.2) is 9.78 Å². The third-order valence-electron chi connectivity index (χ3n) is 5.69. The summed E-state index contributed by atoms with van der Waals surface area (Å²) in [7, 11) is 0. The highest BCUT2D eigenvalue weighted by molar-refractivity contribution is 6.31. The molecule has 2 N–H and O–H groups in total. The minimum absolute atomic E-state index is 0.195. The first kappa shape index (κ1) is 21.0. The number of hydrogen-bond acceptors (Lipinski definition) is 5. The summed E-state index contributed by atoms with van der Waals surface area (Å²) in [5, 5.41) is 23.8. The van der Waals surface area contributed by atoms with E-state index in [2.05, 4.69) is 16.3 Å². The third kappa shape index (κ3) is 4.28. The van der Waals surface area contributed by atoms with Crippen LogP contribution in [0.15, 0.2) is 42.5 Å². The van der Waals surface area contributed by atoms with Crippen molar-refractivity contribution in [1.82, 2.24) is 4.98 Å². The molecule has 7 heteroatoms. The Morgan fingerprint density at radius 3 is 2.68 bits per heavy atom. The first-order valence-corrected chi connectivity index (χ1v) is 10.7. The highest BCUT2D eigenvalue weighted by atomic mass is 35.5. The SMILES string of the molecule is C[C@@H](Nc1ccccc1C(=O)O)c1cc(Cl)cc2c(C#N)cc(N3CCCCC3)nc12. The van der Waals surface area contributed by atoms with Gasteiger partial charge in [0.05, 0.1) is 28.8 Å². The minimum Gasteiger partial charge on any atom is -0.478 e. The molecule has 158 valence electrons. The molecule has 0 aliphatic carbocycles. The van der Waals surface area contributed by atoms with Crippen molar-refractivity contribution in [3.63, 3.8) is 0 Å². The maximum Gasteiger partial charge on any atom is 0.337 e. The van der Waals surface area contributed by atoms with E-state index < -0.39 is 5.97 Å². The van der Waals surface area contributed by atoms with Crippen LogP contribution < -0.4 is 10.2 Å². The second kappa shape index (κ2) is 8.83. The summed E-state index contributed by atoms with van der Waals surface area (Å²) in [5.41, 5.74) is 2.77. The van der Waals surface area contributed by atoms with E-state index in [9.17, 15) is 15.2 Å². The summed E-state index contributed by atoms with van der Waals surface area (Å²) >= 11 is 6.40. The third-order valence-corrected chi connectivity index (χ3v) is 5.91. The van der Waals surface area contributed by atoms with E-state index in [0.717, 1.165) is 37.3 Å². The van der Waals surface area contributed by atoms with Crippen LogP contribution in [0.3, 0.4) is 0 Å². The molecule has 0 saturated carbocycles. The van der Waals surface area contributed by atoms with Crippen LogP contribution in [0, 0.1) is 11.3 Å². The van der Waals surface area contributed by atoms with Crippen LogP contribution in [0.5, 0.6) is 0 Å². The number of hydrogen-bond donors (Lipinski definition) is 2. The van der Waals surface area contributed by atoms with Crippen LogP contribution >= 0.6 is 11.6 Å². The number of pyridine rings is 1. The molecule has 1 atom stereocenters. The van der Waals surface area contributed by atoms with Crippen molar-refractivity contribution in [2.45, 2.75) is 32.2 Å². The number of aromatic carboxylic acids is 1. The highest BCUT2D eigenvalue weighted by Crippen LogP contribution is 2.34. The fourth-order valence-corrected chi connectivity index (χ4v) is 4.34. The lowest BCUT2D eigenvalue weighted by atomic mass is 10.00. The monoisotopic (exact) mass is 434 g/mol. The van der Waals surface area contributed by atoms with Crippen molar-refractivity contribution in [3.05, 3.63) is 64.2 Å². The maximum atomic E-state index is 11.6. The molecule has 0 bridgehead atoms. The second-order valence-electron chi connectivity index (χ2n) is 7.80. The first-order valence-electron chi connectivity index (χ1n) is 10.4. The molecular weight excluding hydrogens is 412 g/mol. The van der Waals surface area contributed by atoms with Gasteiger partial charge in [-0.2, -0.15) is 5.26 Å². The fraction of sp³-hybridized carbons (Fsp3) is 0.292. The zero-order valence-electron chi connectivity index (χ0n) is 17.2. The number of para-hydroxylation sites is 1. The molecule has 1 fully saturated rings. The lowest BCUT2D eigenvalue weighted by Gasteiger charge is -2.28.